The molecule has 0 saturated heterocycles. The summed E-state index contributed by atoms with van der Waals surface area (Å²) in [5.41, 5.74) is 3.42. The minimum Gasteiger partial charge on any atom is -0.507 e. The number of phenolic OH excluding ortho intramolecular Hbond substituents is 1. The van der Waals surface area contributed by atoms with E-state index in [1.807, 2.05) is 6.92 Å². The second kappa shape index (κ2) is 2.81. The van der Waals surface area contributed by atoms with E-state index in [4.69, 9.17) is 13.8 Å². The monoisotopic (exact) mass is 160 g/mol. The van der Waals surface area contributed by atoms with E-state index in [1.54, 1.807) is 13.8 Å². The predicted molar refractivity (Wildman–Crippen MR) is 49.1 cm³/mol. The number of hydrogen-bond acceptors (Lipinski definition) is 1. The third-order valence-corrected chi connectivity index (χ3v) is 2.33. The van der Waals surface area contributed by atoms with Gasteiger partial charge in [-0.2, -0.15) is 0 Å². The van der Waals surface area contributed by atoms with Crippen LogP contribution in [0.15, 0.2) is 0 Å². The van der Waals surface area contributed by atoms with E-state index in [9.17, 15) is 5.11 Å². The molecule has 0 atom stereocenters. The molecule has 1 heteroatoms. The molecule has 0 saturated carbocycles. The van der Waals surface area contributed by atoms with Gasteiger partial charge in [0.1, 0.15) is 5.75 Å². The Hall–Kier alpha value is -0.980. The van der Waals surface area contributed by atoms with Crippen molar-refractivity contribution in [3.8, 4) is 5.75 Å². The van der Waals surface area contributed by atoms with E-state index in [0.29, 0.717) is 22.3 Å². The SMILES string of the molecule is [CH]c1c(C)c([CH])c(C)c(O)c1C. The lowest BCUT2D eigenvalue weighted by Crippen LogP contribution is -1.95. The quantitative estimate of drug-likeness (QED) is 0.618. The maximum absolute atomic E-state index is 9.53. The highest BCUT2D eigenvalue weighted by Gasteiger charge is 2.10. The number of rotatable bonds is 0. The molecule has 0 heterocycles. The molecule has 1 rings (SSSR count). The highest BCUT2D eigenvalue weighted by Crippen LogP contribution is 2.30. The smallest absolute Gasteiger partial charge is 0.121 e. The van der Waals surface area contributed by atoms with Crippen LogP contribution in [0.3, 0.4) is 0 Å². The van der Waals surface area contributed by atoms with Gasteiger partial charge in [0, 0.05) is 0 Å². The molecule has 0 spiro atoms. The van der Waals surface area contributed by atoms with E-state index >= 15 is 0 Å². The van der Waals surface area contributed by atoms with Crippen molar-refractivity contribution in [2.24, 2.45) is 0 Å². The molecular weight excluding hydrogens is 148 g/mol. The molecule has 0 aliphatic carbocycles. The molecule has 0 aromatic heterocycles. The first kappa shape index (κ1) is 9.11. The first-order chi connectivity index (χ1) is 5.46. The Bertz CT molecular complexity index is 219. The van der Waals surface area contributed by atoms with Crippen LogP contribution >= 0.6 is 0 Å². The number of hydrogen-bond donors (Lipinski definition) is 1. The van der Waals surface area contributed by atoms with E-state index in [2.05, 4.69) is 0 Å². The zero-order valence-electron chi connectivity index (χ0n) is 7.60. The van der Waals surface area contributed by atoms with Crippen LogP contribution in [0.2, 0.25) is 0 Å². The second-order valence-electron chi connectivity index (χ2n) is 3.05. The van der Waals surface area contributed by atoms with Crippen molar-refractivity contribution in [1.29, 1.82) is 0 Å². The first-order valence-corrected chi connectivity index (χ1v) is 3.80. The van der Waals surface area contributed by atoms with Crippen molar-refractivity contribution >= 4 is 0 Å². The normalized spacial score (nSPS) is 10.4. The average Bonchev–Trinajstić information content (AvgIpc) is 2.08. The Morgan fingerprint density at radius 1 is 0.833 bits per heavy atom. The third kappa shape index (κ3) is 1.09. The van der Waals surface area contributed by atoms with Gasteiger partial charge in [0.15, 0.2) is 0 Å². The van der Waals surface area contributed by atoms with E-state index in [0.717, 1.165) is 5.56 Å². The summed E-state index contributed by atoms with van der Waals surface area (Å²) in [6.07, 6.45) is 0. The van der Waals surface area contributed by atoms with Crippen molar-refractivity contribution in [2.45, 2.75) is 20.8 Å². The maximum atomic E-state index is 9.53. The lowest BCUT2D eigenvalue weighted by atomic mass is 9.94. The molecule has 0 fully saturated rings. The molecular formula is C11H12O. The third-order valence-electron chi connectivity index (χ3n) is 2.33. The van der Waals surface area contributed by atoms with Gasteiger partial charge in [-0.25, -0.2) is 0 Å². The van der Waals surface area contributed by atoms with Gasteiger partial charge in [0.05, 0.1) is 0 Å². The summed E-state index contributed by atoms with van der Waals surface area (Å²) >= 11 is 0. The summed E-state index contributed by atoms with van der Waals surface area (Å²) in [5, 5.41) is 9.53. The minimum absolute atomic E-state index is 0.204. The fraction of sp³-hybridized carbons (Fsp3) is 0.273. The summed E-state index contributed by atoms with van der Waals surface area (Å²) in [7, 11) is 0. The summed E-state index contributed by atoms with van der Waals surface area (Å²) in [6.45, 7) is 16.8. The largest absolute Gasteiger partial charge is 0.507 e. The summed E-state index contributed by atoms with van der Waals surface area (Å²) < 4.78 is 0. The summed E-state index contributed by atoms with van der Waals surface area (Å²) in [6, 6.07) is 0. The van der Waals surface area contributed by atoms with Crippen molar-refractivity contribution in [3.63, 3.8) is 0 Å². The summed E-state index contributed by atoms with van der Waals surface area (Å²) in [5.74, 6) is 0.204. The minimum atomic E-state index is 0.204. The Morgan fingerprint density at radius 3 is 1.50 bits per heavy atom. The van der Waals surface area contributed by atoms with Crippen molar-refractivity contribution < 1.29 is 5.11 Å². The standard InChI is InChI=1S/C11H12O/c1-6-7(2)9(4)11(12)10(5)8(6)3/h2-3,12H,1,4-5H3. The summed E-state index contributed by atoms with van der Waals surface area (Å²) in [4.78, 5) is 0. The Labute approximate surface area is 74.1 Å². The van der Waals surface area contributed by atoms with Gasteiger partial charge in [-0.15, -0.1) is 0 Å². The van der Waals surface area contributed by atoms with Crippen LogP contribution in [0, 0.1) is 34.6 Å². The van der Waals surface area contributed by atoms with Crippen LogP contribution < -0.4 is 0 Å². The van der Waals surface area contributed by atoms with Gasteiger partial charge < -0.3 is 5.11 Å². The van der Waals surface area contributed by atoms with Crippen LogP contribution in [-0.4, -0.2) is 5.11 Å². The van der Waals surface area contributed by atoms with Crippen molar-refractivity contribution in [2.75, 3.05) is 0 Å². The predicted octanol–water partition coefficient (Wildman–Crippen LogP) is 2.44. The fourth-order valence-corrected chi connectivity index (χ4v) is 1.24. The van der Waals surface area contributed by atoms with Crippen LogP contribution in [0.5, 0.6) is 5.75 Å². The van der Waals surface area contributed by atoms with Gasteiger partial charge >= 0.3 is 0 Å². The molecule has 1 nitrogen and oxygen atoms in total. The van der Waals surface area contributed by atoms with Crippen molar-refractivity contribution in [3.05, 3.63) is 41.7 Å². The Kier molecular flexibility index (Phi) is 2.14. The zero-order valence-corrected chi connectivity index (χ0v) is 7.60. The molecule has 1 aromatic rings. The molecule has 1 N–H and O–H groups in total. The number of benzene rings is 1. The molecule has 4 radical (unpaired) electrons. The molecule has 0 amide bonds. The molecule has 0 unspecified atom stereocenters. The van der Waals surface area contributed by atoms with Gasteiger partial charge in [0.25, 0.3) is 0 Å². The van der Waals surface area contributed by atoms with Gasteiger partial charge in [-0.1, -0.05) is 0 Å². The van der Waals surface area contributed by atoms with Crippen LogP contribution in [0.1, 0.15) is 27.8 Å². The number of aromatic hydroxyl groups is 1. The average molecular weight is 160 g/mol. The molecule has 0 aliphatic heterocycles. The van der Waals surface area contributed by atoms with E-state index in [1.165, 1.54) is 0 Å². The Morgan fingerprint density at radius 2 is 1.17 bits per heavy atom. The van der Waals surface area contributed by atoms with Crippen LogP contribution in [0.4, 0.5) is 0 Å². The molecule has 1 aromatic carbocycles. The molecule has 62 valence electrons. The number of phenols is 1. The first-order valence-electron chi connectivity index (χ1n) is 3.80. The zero-order chi connectivity index (χ0) is 9.46. The van der Waals surface area contributed by atoms with Gasteiger partial charge in [-0.3, -0.25) is 0 Å². The lowest BCUT2D eigenvalue weighted by molar-refractivity contribution is 0.466. The van der Waals surface area contributed by atoms with Crippen molar-refractivity contribution in [1.82, 2.24) is 0 Å². The van der Waals surface area contributed by atoms with Gasteiger partial charge in [0.2, 0.25) is 0 Å². The van der Waals surface area contributed by atoms with Crippen LogP contribution in [0.25, 0.3) is 0 Å². The fourth-order valence-electron chi connectivity index (χ4n) is 1.24. The Balaban J connectivity index is 3.60. The topological polar surface area (TPSA) is 20.2 Å². The van der Waals surface area contributed by atoms with Gasteiger partial charge in [-0.05, 0) is 62.4 Å². The highest BCUT2D eigenvalue weighted by molar-refractivity contribution is 5.55. The second-order valence-corrected chi connectivity index (χ2v) is 3.05. The molecule has 0 bridgehead atoms. The lowest BCUT2D eigenvalue weighted by Gasteiger charge is -2.13. The molecule has 12 heavy (non-hydrogen) atoms. The maximum Gasteiger partial charge on any atom is 0.121 e. The van der Waals surface area contributed by atoms with E-state index in [-0.39, 0.29) is 5.75 Å². The van der Waals surface area contributed by atoms with Crippen LogP contribution in [-0.2, 0) is 0 Å². The van der Waals surface area contributed by atoms with E-state index < -0.39 is 0 Å². The highest BCUT2D eigenvalue weighted by atomic mass is 16.3. The molecule has 0 aliphatic rings.